The van der Waals surface area contributed by atoms with Crippen LogP contribution >= 0.6 is 11.3 Å². The van der Waals surface area contributed by atoms with Crippen LogP contribution in [0.4, 0.5) is 10.5 Å². The maximum Gasteiger partial charge on any atom is 0.319 e. The van der Waals surface area contributed by atoms with Crippen molar-refractivity contribution in [3.63, 3.8) is 0 Å². The molecule has 0 bridgehead atoms. The summed E-state index contributed by atoms with van der Waals surface area (Å²) in [5.41, 5.74) is 2.40. The molecule has 0 spiro atoms. The Labute approximate surface area is 185 Å². The SMILES string of the molecule is Cc1cc(NC(=O)NCCN2CCC(NS(=O)(=O)c3cccs3)C2)c2ccccc2n1. The van der Waals surface area contributed by atoms with Crippen molar-refractivity contribution in [3.05, 3.63) is 53.5 Å². The minimum Gasteiger partial charge on any atom is -0.337 e. The average Bonchev–Trinajstić information content (AvgIpc) is 3.40. The second-order valence-electron chi connectivity index (χ2n) is 7.55. The Kier molecular flexibility index (Phi) is 6.51. The van der Waals surface area contributed by atoms with E-state index in [-0.39, 0.29) is 12.1 Å². The molecular formula is C21H25N5O3S2. The Morgan fingerprint density at radius 2 is 2.10 bits per heavy atom. The predicted octanol–water partition coefficient (Wildman–Crippen LogP) is 2.78. The van der Waals surface area contributed by atoms with Crippen LogP contribution in [0.3, 0.4) is 0 Å². The van der Waals surface area contributed by atoms with Crippen molar-refractivity contribution in [1.29, 1.82) is 0 Å². The summed E-state index contributed by atoms with van der Waals surface area (Å²) < 4.78 is 27.8. The number of sulfonamides is 1. The maximum absolute atomic E-state index is 12.4. The minimum absolute atomic E-state index is 0.118. The largest absolute Gasteiger partial charge is 0.337 e. The molecule has 0 aliphatic carbocycles. The number of urea groups is 1. The van der Waals surface area contributed by atoms with Crippen LogP contribution in [-0.2, 0) is 10.0 Å². The second-order valence-corrected chi connectivity index (χ2v) is 10.4. The van der Waals surface area contributed by atoms with Gasteiger partial charge in [0.2, 0.25) is 10.0 Å². The molecule has 31 heavy (non-hydrogen) atoms. The van der Waals surface area contributed by atoms with Gasteiger partial charge < -0.3 is 10.6 Å². The molecule has 2 amide bonds. The molecule has 1 aromatic carbocycles. The fourth-order valence-electron chi connectivity index (χ4n) is 3.73. The van der Waals surface area contributed by atoms with E-state index < -0.39 is 10.0 Å². The van der Waals surface area contributed by atoms with E-state index in [0.29, 0.717) is 23.8 Å². The van der Waals surface area contributed by atoms with Crippen LogP contribution in [0, 0.1) is 6.92 Å². The van der Waals surface area contributed by atoms with Crippen molar-refractivity contribution in [3.8, 4) is 0 Å². The molecule has 2 aromatic heterocycles. The fraction of sp³-hybridized carbons (Fsp3) is 0.333. The van der Waals surface area contributed by atoms with E-state index in [1.807, 2.05) is 37.3 Å². The van der Waals surface area contributed by atoms with E-state index >= 15 is 0 Å². The maximum atomic E-state index is 12.4. The zero-order chi connectivity index (χ0) is 21.8. The van der Waals surface area contributed by atoms with E-state index in [9.17, 15) is 13.2 Å². The van der Waals surface area contributed by atoms with Crippen molar-refractivity contribution in [2.75, 3.05) is 31.5 Å². The third kappa shape index (κ3) is 5.40. The lowest BCUT2D eigenvalue weighted by Crippen LogP contribution is -2.39. The molecule has 164 valence electrons. The Bertz CT molecular complexity index is 1160. The lowest BCUT2D eigenvalue weighted by Gasteiger charge is -2.17. The van der Waals surface area contributed by atoms with Gasteiger partial charge in [0.05, 0.1) is 11.2 Å². The first-order chi connectivity index (χ1) is 14.9. The molecule has 4 rings (SSSR count). The number of para-hydroxylation sites is 1. The number of thiophene rings is 1. The highest BCUT2D eigenvalue weighted by Crippen LogP contribution is 2.23. The number of benzene rings is 1. The molecule has 1 saturated heterocycles. The van der Waals surface area contributed by atoms with Crippen LogP contribution < -0.4 is 15.4 Å². The molecule has 3 aromatic rings. The number of rotatable bonds is 7. The highest BCUT2D eigenvalue weighted by molar-refractivity contribution is 7.91. The summed E-state index contributed by atoms with van der Waals surface area (Å²) in [6.07, 6.45) is 0.749. The number of fused-ring (bicyclic) bond motifs is 1. The molecule has 3 N–H and O–H groups in total. The van der Waals surface area contributed by atoms with Gasteiger partial charge >= 0.3 is 6.03 Å². The summed E-state index contributed by atoms with van der Waals surface area (Å²) in [4.78, 5) is 19.0. The zero-order valence-electron chi connectivity index (χ0n) is 17.2. The van der Waals surface area contributed by atoms with Crippen LogP contribution in [0.5, 0.6) is 0 Å². The van der Waals surface area contributed by atoms with Gasteiger partial charge in [-0.05, 0) is 43.5 Å². The number of likely N-dealkylation sites (tertiary alicyclic amines) is 1. The standard InChI is InChI=1S/C21H25N5O3S2/c1-15-13-19(17-5-2-3-6-18(17)23-15)24-21(27)22-9-11-26-10-8-16(14-26)25-31(28,29)20-7-4-12-30-20/h2-7,12-13,16,25H,8-11,14H2,1H3,(H2,22,23,24,27). The molecule has 0 radical (unpaired) electrons. The number of nitrogens with one attached hydrogen (secondary N) is 3. The summed E-state index contributed by atoms with van der Waals surface area (Å²) >= 11 is 1.21. The summed E-state index contributed by atoms with van der Waals surface area (Å²) in [6.45, 7) is 4.43. The normalized spacial score (nSPS) is 17.1. The molecule has 1 atom stereocenters. The number of pyridine rings is 1. The number of aryl methyl sites for hydroxylation is 1. The minimum atomic E-state index is -3.46. The third-order valence-electron chi connectivity index (χ3n) is 5.16. The number of nitrogens with zero attached hydrogens (tertiary/aromatic N) is 2. The van der Waals surface area contributed by atoms with Crippen molar-refractivity contribution in [2.45, 2.75) is 23.6 Å². The van der Waals surface area contributed by atoms with Crippen molar-refractivity contribution < 1.29 is 13.2 Å². The van der Waals surface area contributed by atoms with E-state index in [0.717, 1.165) is 35.2 Å². The van der Waals surface area contributed by atoms with Gasteiger partial charge in [0.25, 0.3) is 0 Å². The quantitative estimate of drug-likeness (QED) is 0.504. The number of carbonyl (C=O) groups excluding carboxylic acids is 1. The number of carbonyl (C=O) groups is 1. The fourth-order valence-corrected chi connectivity index (χ4v) is 6.00. The Morgan fingerprint density at radius 1 is 1.26 bits per heavy atom. The Balaban J connectivity index is 1.25. The summed E-state index contributed by atoms with van der Waals surface area (Å²) in [5.74, 6) is 0. The highest BCUT2D eigenvalue weighted by Gasteiger charge is 2.27. The van der Waals surface area contributed by atoms with Gasteiger partial charge in [-0.2, -0.15) is 0 Å². The summed E-state index contributed by atoms with van der Waals surface area (Å²) in [7, 11) is -3.46. The van der Waals surface area contributed by atoms with Gasteiger partial charge in [0.15, 0.2) is 0 Å². The van der Waals surface area contributed by atoms with Gasteiger partial charge in [-0.25, -0.2) is 17.9 Å². The topological polar surface area (TPSA) is 103 Å². The lowest BCUT2D eigenvalue weighted by molar-refractivity contribution is 0.249. The zero-order valence-corrected chi connectivity index (χ0v) is 18.8. The van der Waals surface area contributed by atoms with Crippen molar-refractivity contribution in [2.24, 2.45) is 0 Å². The molecule has 1 fully saturated rings. The lowest BCUT2D eigenvalue weighted by atomic mass is 10.1. The first-order valence-electron chi connectivity index (χ1n) is 10.1. The Hall–Kier alpha value is -2.53. The smallest absolute Gasteiger partial charge is 0.319 e. The van der Waals surface area contributed by atoms with E-state index in [1.54, 1.807) is 17.5 Å². The van der Waals surface area contributed by atoms with Crippen LogP contribution in [0.25, 0.3) is 10.9 Å². The third-order valence-corrected chi connectivity index (χ3v) is 8.08. The predicted molar refractivity (Wildman–Crippen MR) is 123 cm³/mol. The first kappa shape index (κ1) is 21.7. The van der Waals surface area contributed by atoms with Crippen molar-refractivity contribution in [1.82, 2.24) is 19.9 Å². The number of amides is 2. The average molecular weight is 460 g/mol. The van der Waals surface area contributed by atoms with E-state index in [4.69, 9.17) is 0 Å². The molecule has 0 saturated carbocycles. The van der Waals surface area contributed by atoms with E-state index in [1.165, 1.54) is 11.3 Å². The van der Waals surface area contributed by atoms with Gasteiger partial charge in [-0.15, -0.1) is 11.3 Å². The molecule has 1 unspecified atom stereocenters. The van der Waals surface area contributed by atoms with Crippen LogP contribution in [-0.4, -0.2) is 56.6 Å². The second kappa shape index (κ2) is 9.31. The van der Waals surface area contributed by atoms with Crippen LogP contribution in [0.2, 0.25) is 0 Å². The van der Waals surface area contributed by atoms with Crippen LogP contribution in [0.1, 0.15) is 12.1 Å². The first-order valence-corrected chi connectivity index (χ1v) is 12.5. The number of anilines is 1. The molecule has 1 aliphatic rings. The van der Waals surface area contributed by atoms with Crippen LogP contribution in [0.15, 0.2) is 52.1 Å². The Morgan fingerprint density at radius 3 is 2.90 bits per heavy atom. The molecule has 8 nitrogen and oxygen atoms in total. The summed E-state index contributed by atoms with van der Waals surface area (Å²) in [6, 6.07) is 12.5. The molecular weight excluding hydrogens is 434 g/mol. The number of aromatic nitrogens is 1. The monoisotopic (exact) mass is 459 g/mol. The molecule has 1 aliphatic heterocycles. The van der Waals surface area contributed by atoms with Crippen molar-refractivity contribution >= 4 is 44.0 Å². The molecule has 3 heterocycles. The highest BCUT2D eigenvalue weighted by atomic mass is 32.2. The number of hydrogen-bond donors (Lipinski definition) is 3. The van der Waals surface area contributed by atoms with Gasteiger partial charge in [0.1, 0.15) is 4.21 Å². The van der Waals surface area contributed by atoms with Gasteiger partial charge in [0, 0.05) is 36.8 Å². The van der Waals surface area contributed by atoms with Gasteiger partial charge in [-0.1, -0.05) is 24.3 Å². The summed E-state index contributed by atoms with van der Waals surface area (Å²) in [5, 5.41) is 8.43. The number of hydrogen-bond acceptors (Lipinski definition) is 6. The van der Waals surface area contributed by atoms with E-state index in [2.05, 4.69) is 25.2 Å². The molecule has 10 heteroatoms. The van der Waals surface area contributed by atoms with Gasteiger partial charge in [-0.3, -0.25) is 9.88 Å².